The lowest BCUT2D eigenvalue weighted by Crippen LogP contribution is -1.95. The summed E-state index contributed by atoms with van der Waals surface area (Å²) in [6.45, 7) is 1.98. The molecule has 2 nitrogen and oxygen atoms in total. The first-order chi connectivity index (χ1) is 6.70. The molecule has 0 aliphatic carbocycles. The average Bonchev–Trinajstić information content (AvgIpc) is 2.18. The van der Waals surface area contributed by atoms with E-state index < -0.39 is 0 Å². The minimum absolute atomic E-state index is 0.494. The lowest BCUT2D eigenvalue weighted by Gasteiger charge is -2.10. The van der Waals surface area contributed by atoms with Crippen molar-refractivity contribution in [1.29, 1.82) is 0 Å². The van der Waals surface area contributed by atoms with Crippen LogP contribution in [-0.2, 0) is 11.2 Å². The van der Waals surface area contributed by atoms with Gasteiger partial charge in [-0.1, -0.05) is 17.7 Å². The van der Waals surface area contributed by atoms with Crippen molar-refractivity contribution in [1.82, 2.24) is 0 Å². The van der Waals surface area contributed by atoms with Crippen LogP contribution in [0.4, 0.5) is 0 Å². The van der Waals surface area contributed by atoms with Crippen molar-refractivity contribution in [3.05, 3.63) is 28.3 Å². The van der Waals surface area contributed by atoms with Crippen LogP contribution >= 0.6 is 11.6 Å². The lowest BCUT2D eigenvalue weighted by molar-refractivity contribution is -0.107. The van der Waals surface area contributed by atoms with E-state index >= 15 is 0 Å². The largest absolute Gasteiger partial charge is 0.495 e. The second kappa shape index (κ2) is 5.01. The summed E-state index contributed by atoms with van der Waals surface area (Å²) in [6, 6.07) is 3.78. The average molecular weight is 213 g/mol. The molecule has 0 aromatic heterocycles. The number of carbonyl (C=O) groups excluding carboxylic acids is 1. The van der Waals surface area contributed by atoms with Crippen LogP contribution in [0, 0.1) is 6.92 Å². The second-order valence-electron chi connectivity index (χ2n) is 3.08. The molecule has 0 radical (unpaired) electrons. The fourth-order valence-electron chi connectivity index (χ4n) is 1.36. The first-order valence-corrected chi connectivity index (χ1v) is 4.84. The summed E-state index contributed by atoms with van der Waals surface area (Å²) in [5, 5.41) is 0.620. The zero-order valence-corrected chi connectivity index (χ0v) is 9.10. The van der Waals surface area contributed by atoms with Crippen molar-refractivity contribution in [2.75, 3.05) is 7.11 Å². The van der Waals surface area contributed by atoms with Crippen molar-refractivity contribution < 1.29 is 9.53 Å². The maximum absolute atomic E-state index is 10.3. The molecule has 0 amide bonds. The van der Waals surface area contributed by atoms with Gasteiger partial charge in [-0.05, 0) is 30.5 Å². The highest BCUT2D eigenvalue weighted by Gasteiger charge is 2.08. The normalized spacial score (nSPS) is 9.93. The molecule has 0 spiro atoms. The summed E-state index contributed by atoms with van der Waals surface area (Å²) in [5.74, 6) is 0.665. The monoisotopic (exact) mass is 212 g/mol. The quantitative estimate of drug-likeness (QED) is 0.718. The lowest BCUT2D eigenvalue weighted by atomic mass is 10.0. The molecule has 0 aliphatic heterocycles. The Kier molecular flexibility index (Phi) is 3.96. The molecule has 0 bridgehead atoms. The van der Waals surface area contributed by atoms with Gasteiger partial charge in [0, 0.05) is 6.42 Å². The number of aldehydes is 1. The second-order valence-corrected chi connectivity index (χ2v) is 3.46. The van der Waals surface area contributed by atoms with E-state index in [1.165, 1.54) is 0 Å². The Morgan fingerprint density at radius 2 is 2.21 bits per heavy atom. The van der Waals surface area contributed by atoms with Crippen LogP contribution in [-0.4, -0.2) is 13.4 Å². The summed E-state index contributed by atoms with van der Waals surface area (Å²) >= 11 is 6.11. The number of hydrogen-bond acceptors (Lipinski definition) is 2. The molecule has 0 heterocycles. The summed E-state index contributed by atoms with van der Waals surface area (Å²) in [6.07, 6.45) is 2.06. The number of carbonyl (C=O) groups is 1. The Bertz CT molecular complexity index is 334. The van der Waals surface area contributed by atoms with Gasteiger partial charge in [-0.3, -0.25) is 0 Å². The number of rotatable bonds is 4. The molecule has 14 heavy (non-hydrogen) atoms. The molecule has 0 N–H and O–H groups in total. The highest BCUT2D eigenvalue weighted by atomic mass is 35.5. The highest BCUT2D eigenvalue weighted by molar-refractivity contribution is 6.33. The third kappa shape index (κ3) is 2.26. The fraction of sp³-hybridized carbons (Fsp3) is 0.364. The molecular weight excluding hydrogens is 200 g/mol. The minimum Gasteiger partial charge on any atom is -0.495 e. The Labute approximate surface area is 88.8 Å². The summed E-state index contributed by atoms with van der Waals surface area (Å²) in [4.78, 5) is 10.3. The van der Waals surface area contributed by atoms with E-state index in [9.17, 15) is 4.79 Å². The molecule has 3 heteroatoms. The fourth-order valence-corrected chi connectivity index (χ4v) is 1.75. The van der Waals surface area contributed by atoms with Crippen molar-refractivity contribution >= 4 is 17.9 Å². The van der Waals surface area contributed by atoms with E-state index in [-0.39, 0.29) is 0 Å². The Hall–Kier alpha value is -1.02. The molecule has 0 saturated carbocycles. The third-order valence-corrected chi connectivity index (χ3v) is 2.59. The number of halogens is 1. The summed E-state index contributed by atoms with van der Waals surface area (Å²) in [5.41, 5.74) is 2.09. The van der Waals surface area contributed by atoms with Crippen LogP contribution in [0.15, 0.2) is 12.1 Å². The maximum Gasteiger partial charge on any atom is 0.137 e. The van der Waals surface area contributed by atoms with Gasteiger partial charge in [0.25, 0.3) is 0 Å². The van der Waals surface area contributed by atoms with Gasteiger partial charge in [0.2, 0.25) is 0 Å². The van der Waals surface area contributed by atoms with Crippen LogP contribution in [0.25, 0.3) is 0 Å². The van der Waals surface area contributed by atoms with Gasteiger partial charge in [0.05, 0.1) is 12.1 Å². The Morgan fingerprint density at radius 3 is 2.79 bits per heavy atom. The zero-order chi connectivity index (χ0) is 10.6. The van der Waals surface area contributed by atoms with Crippen molar-refractivity contribution in [2.24, 2.45) is 0 Å². The van der Waals surface area contributed by atoms with E-state index in [1.54, 1.807) is 7.11 Å². The van der Waals surface area contributed by atoms with Crippen LogP contribution in [0.5, 0.6) is 5.75 Å². The Morgan fingerprint density at radius 1 is 1.50 bits per heavy atom. The summed E-state index contributed by atoms with van der Waals surface area (Å²) < 4.78 is 5.10. The van der Waals surface area contributed by atoms with Gasteiger partial charge in [-0.25, -0.2) is 0 Å². The number of ether oxygens (including phenoxy) is 1. The van der Waals surface area contributed by atoms with E-state index in [1.807, 2.05) is 19.1 Å². The molecule has 0 fully saturated rings. The van der Waals surface area contributed by atoms with Gasteiger partial charge in [-0.2, -0.15) is 0 Å². The standard InChI is InChI=1S/C11H13ClO2/c1-8-5-6-10(14-2)11(12)9(8)4-3-7-13/h5-7H,3-4H2,1-2H3. The number of aryl methyl sites for hydroxylation is 1. The van der Waals surface area contributed by atoms with Gasteiger partial charge < -0.3 is 9.53 Å². The van der Waals surface area contributed by atoms with Gasteiger partial charge in [0.15, 0.2) is 0 Å². The molecule has 1 aromatic rings. The molecule has 0 aliphatic rings. The summed E-state index contributed by atoms with van der Waals surface area (Å²) in [7, 11) is 1.58. The van der Waals surface area contributed by atoms with Crippen molar-refractivity contribution in [2.45, 2.75) is 19.8 Å². The molecule has 1 rings (SSSR count). The van der Waals surface area contributed by atoms with Gasteiger partial charge in [0.1, 0.15) is 12.0 Å². The molecule has 0 saturated heterocycles. The molecule has 0 unspecified atom stereocenters. The van der Waals surface area contributed by atoms with Crippen LogP contribution in [0.3, 0.4) is 0 Å². The highest BCUT2D eigenvalue weighted by Crippen LogP contribution is 2.30. The van der Waals surface area contributed by atoms with E-state index in [2.05, 4.69) is 0 Å². The van der Waals surface area contributed by atoms with Gasteiger partial charge >= 0.3 is 0 Å². The predicted molar refractivity (Wildman–Crippen MR) is 57.1 cm³/mol. The predicted octanol–water partition coefficient (Wildman–Crippen LogP) is 2.79. The maximum atomic E-state index is 10.3. The zero-order valence-electron chi connectivity index (χ0n) is 8.34. The van der Waals surface area contributed by atoms with E-state index in [0.717, 1.165) is 17.4 Å². The van der Waals surface area contributed by atoms with Crippen molar-refractivity contribution in [3.8, 4) is 5.75 Å². The minimum atomic E-state index is 0.494. The smallest absolute Gasteiger partial charge is 0.137 e. The third-order valence-electron chi connectivity index (χ3n) is 2.17. The number of methoxy groups -OCH3 is 1. The number of benzene rings is 1. The topological polar surface area (TPSA) is 26.3 Å². The van der Waals surface area contributed by atoms with E-state index in [0.29, 0.717) is 23.6 Å². The molecular formula is C11H13ClO2. The van der Waals surface area contributed by atoms with Crippen molar-refractivity contribution in [3.63, 3.8) is 0 Å². The molecule has 76 valence electrons. The first-order valence-electron chi connectivity index (χ1n) is 4.46. The van der Waals surface area contributed by atoms with Crippen LogP contribution < -0.4 is 4.74 Å². The Balaban J connectivity index is 3.04. The molecule has 1 aromatic carbocycles. The SMILES string of the molecule is COc1ccc(C)c(CCC=O)c1Cl. The molecule has 0 atom stereocenters. The van der Waals surface area contributed by atoms with E-state index in [4.69, 9.17) is 16.3 Å². The van der Waals surface area contributed by atoms with Gasteiger partial charge in [-0.15, -0.1) is 0 Å². The first kappa shape index (κ1) is 11.1. The van der Waals surface area contributed by atoms with Crippen LogP contribution in [0.1, 0.15) is 17.5 Å². The van der Waals surface area contributed by atoms with Crippen LogP contribution in [0.2, 0.25) is 5.02 Å². The number of hydrogen-bond donors (Lipinski definition) is 0.